The molecule has 2 N–H and O–H groups in total. The van der Waals surface area contributed by atoms with Crippen LogP contribution in [0.25, 0.3) is 10.9 Å². The number of benzene rings is 2. The van der Waals surface area contributed by atoms with Crippen LogP contribution in [-0.4, -0.2) is 41.7 Å². The zero-order chi connectivity index (χ0) is 28.5. The third kappa shape index (κ3) is 6.79. The first kappa shape index (κ1) is 28.2. The van der Waals surface area contributed by atoms with E-state index in [1.165, 1.54) is 10.8 Å². The van der Waals surface area contributed by atoms with Crippen LogP contribution < -0.4 is 31.4 Å². The lowest BCUT2D eigenvalue weighted by Gasteiger charge is -2.14. The highest BCUT2D eigenvalue weighted by Crippen LogP contribution is 2.27. The van der Waals surface area contributed by atoms with Gasteiger partial charge in [-0.05, 0) is 54.8 Å². The van der Waals surface area contributed by atoms with E-state index in [2.05, 4.69) is 10.6 Å². The van der Waals surface area contributed by atoms with E-state index >= 15 is 0 Å². The highest BCUT2D eigenvalue weighted by atomic mass is 16.5. The Bertz CT molecular complexity index is 1590. The van der Waals surface area contributed by atoms with Gasteiger partial charge in [0.15, 0.2) is 11.5 Å². The Balaban J connectivity index is 1.41. The van der Waals surface area contributed by atoms with Gasteiger partial charge in [-0.15, -0.1) is 0 Å². The summed E-state index contributed by atoms with van der Waals surface area (Å²) in [5, 5.41) is 5.90. The van der Waals surface area contributed by atoms with Crippen molar-refractivity contribution in [3.05, 3.63) is 93.0 Å². The molecular weight excluding hydrogens is 516 g/mol. The van der Waals surface area contributed by atoms with E-state index < -0.39 is 11.2 Å². The third-order valence-corrected chi connectivity index (χ3v) is 6.44. The topological polar surface area (TPSA) is 134 Å². The molecule has 0 aliphatic carbocycles. The fraction of sp³-hybridized carbons (Fsp3) is 0.310. The molecule has 0 radical (unpaired) electrons. The van der Waals surface area contributed by atoms with Crippen molar-refractivity contribution in [3.63, 3.8) is 0 Å². The highest BCUT2D eigenvalue weighted by Gasteiger charge is 2.16. The SMILES string of the molecule is COc1ccc(CCNC(=O)Cn2c(=O)n(CCCC(=O)NCc3ccco3)c(=O)c3ccccc32)cc1OC. The van der Waals surface area contributed by atoms with Gasteiger partial charge in [0.25, 0.3) is 5.56 Å². The zero-order valence-electron chi connectivity index (χ0n) is 22.5. The van der Waals surface area contributed by atoms with Crippen LogP contribution in [-0.2, 0) is 35.6 Å². The van der Waals surface area contributed by atoms with E-state index in [1.807, 2.05) is 12.1 Å². The summed E-state index contributed by atoms with van der Waals surface area (Å²) in [6.07, 6.45) is 2.46. The Morgan fingerprint density at radius 3 is 2.45 bits per heavy atom. The molecule has 2 amide bonds. The van der Waals surface area contributed by atoms with E-state index in [1.54, 1.807) is 56.7 Å². The second-order valence-corrected chi connectivity index (χ2v) is 9.09. The van der Waals surface area contributed by atoms with Crippen molar-refractivity contribution in [1.82, 2.24) is 19.8 Å². The van der Waals surface area contributed by atoms with Crippen LogP contribution in [0.15, 0.2) is 74.9 Å². The molecule has 4 rings (SSSR count). The molecule has 2 heterocycles. The first-order chi connectivity index (χ1) is 19.4. The van der Waals surface area contributed by atoms with Crippen LogP contribution in [0.4, 0.5) is 0 Å². The minimum Gasteiger partial charge on any atom is -0.493 e. The molecule has 0 aliphatic heterocycles. The van der Waals surface area contributed by atoms with E-state index in [-0.39, 0.29) is 44.3 Å². The largest absolute Gasteiger partial charge is 0.493 e. The average Bonchev–Trinajstić information content (AvgIpc) is 3.49. The third-order valence-electron chi connectivity index (χ3n) is 6.44. The maximum atomic E-state index is 13.3. The number of fused-ring (bicyclic) bond motifs is 1. The summed E-state index contributed by atoms with van der Waals surface area (Å²) in [5.41, 5.74) is 0.263. The van der Waals surface area contributed by atoms with Crippen molar-refractivity contribution in [2.24, 2.45) is 0 Å². The van der Waals surface area contributed by atoms with Crippen molar-refractivity contribution in [3.8, 4) is 11.5 Å². The molecule has 0 atom stereocenters. The quantitative estimate of drug-likeness (QED) is 0.262. The Morgan fingerprint density at radius 1 is 0.900 bits per heavy atom. The minimum atomic E-state index is -0.602. The smallest absolute Gasteiger partial charge is 0.331 e. The molecule has 210 valence electrons. The number of amides is 2. The number of carbonyl (C=O) groups is 2. The molecule has 0 saturated carbocycles. The molecule has 0 saturated heterocycles. The number of methoxy groups -OCH3 is 2. The monoisotopic (exact) mass is 548 g/mol. The molecule has 2 aromatic heterocycles. The number of rotatable bonds is 13. The standard InChI is InChI=1S/C29H32N4O7/c1-38-24-12-11-20(17-25(24)39-2)13-14-30-27(35)19-33-23-9-4-3-8-22(23)28(36)32(29(33)37)15-5-10-26(34)31-18-21-7-6-16-40-21/h3-4,6-9,11-12,16-17H,5,10,13-15,18-19H2,1-2H3,(H,30,35)(H,31,34). The van der Waals surface area contributed by atoms with Crippen LogP contribution in [0.5, 0.6) is 11.5 Å². The summed E-state index contributed by atoms with van der Waals surface area (Å²) < 4.78 is 18.1. The maximum Gasteiger partial charge on any atom is 0.331 e. The molecule has 0 unspecified atom stereocenters. The van der Waals surface area contributed by atoms with Gasteiger partial charge in [0.1, 0.15) is 12.3 Å². The predicted molar refractivity (Wildman–Crippen MR) is 149 cm³/mol. The van der Waals surface area contributed by atoms with Crippen molar-refractivity contribution in [1.29, 1.82) is 0 Å². The van der Waals surface area contributed by atoms with Crippen molar-refractivity contribution in [2.45, 2.75) is 38.9 Å². The van der Waals surface area contributed by atoms with Crippen molar-refractivity contribution < 1.29 is 23.5 Å². The average molecular weight is 549 g/mol. The first-order valence-corrected chi connectivity index (χ1v) is 12.9. The normalized spacial score (nSPS) is 10.8. The molecule has 11 heteroatoms. The molecule has 2 aromatic carbocycles. The van der Waals surface area contributed by atoms with Gasteiger partial charge < -0.3 is 24.5 Å². The molecule has 4 aromatic rings. The number of nitrogens with zero attached hydrogens (tertiary/aromatic N) is 2. The van der Waals surface area contributed by atoms with Crippen molar-refractivity contribution in [2.75, 3.05) is 20.8 Å². The Kier molecular flexibility index (Phi) is 9.39. The molecular formula is C29H32N4O7. The van der Waals surface area contributed by atoms with Gasteiger partial charge in [-0.25, -0.2) is 4.79 Å². The number of hydrogen-bond acceptors (Lipinski definition) is 7. The molecule has 11 nitrogen and oxygen atoms in total. The lowest BCUT2D eigenvalue weighted by atomic mass is 10.1. The van der Waals surface area contributed by atoms with E-state index in [0.29, 0.717) is 41.1 Å². The number of para-hydroxylation sites is 1. The summed E-state index contributed by atoms with van der Waals surface area (Å²) in [5.74, 6) is 1.26. The minimum absolute atomic E-state index is 0.0393. The van der Waals surface area contributed by atoms with Gasteiger partial charge in [0.05, 0.1) is 37.9 Å². The van der Waals surface area contributed by atoms with E-state index in [4.69, 9.17) is 13.9 Å². The van der Waals surface area contributed by atoms with Crippen LogP contribution in [0.2, 0.25) is 0 Å². The molecule has 40 heavy (non-hydrogen) atoms. The first-order valence-electron chi connectivity index (χ1n) is 12.9. The predicted octanol–water partition coefficient (Wildman–Crippen LogP) is 2.23. The van der Waals surface area contributed by atoms with Gasteiger partial charge in [0, 0.05) is 19.5 Å². The number of nitrogens with one attached hydrogen (secondary N) is 2. The number of aromatic nitrogens is 2. The fourth-order valence-corrected chi connectivity index (χ4v) is 4.39. The number of ether oxygens (including phenoxy) is 2. The number of carbonyl (C=O) groups excluding carboxylic acids is 2. The van der Waals surface area contributed by atoms with Gasteiger partial charge in [-0.2, -0.15) is 0 Å². The molecule has 0 spiro atoms. The fourth-order valence-electron chi connectivity index (χ4n) is 4.39. The summed E-state index contributed by atoms with van der Waals surface area (Å²) in [6.45, 7) is 0.385. The highest BCUT2D eigenvalue weighted by molar-refractivity contribution is 5.81. The van der Waals surface area contributed by atoms with Gasteiger partial charge in [-0.1, -0.05) is 18.2 Å². The Hall–Kier alpha value is -4.80. The number of hydrogen-bond donors (Lipinski definition) is 2. The van der Waals surface area contributed by atoms with Crippen LogP contribution >= 0.6 is 0 Å². The van der Waals surface area contributed by atoms with E-state index in [9.17, 15) is 19.2 Å². The van der Waals surface area contributed by atoms with Crippen LogP contribution in [0.1, 0.15) is 24.2 Å². The second kappa shape index (κ2) is 13.3. The zero-order valence-corrected chi connectivity index (χ0v) is 22.5. The molecule has 0 fully saturated rings. The Labute approximate surface area is 230 Å². The van der Waals surface area contributed by atoms with Crippen LogP contribution in [0.3, 0.4) is 0 Å². The second-order valence-electron chi connectivity index (χ2n) is 9.09. The summed E-state index contributed by atoms with van der Waals surface area (Å²) >= 11 is 0. The van der Waals surface area contributed by atoms with Crippen molar-refractivity contribution >= 4 is 22.7 Å². The number of furan rings is 1. The van der Waals surface area contributed by atoms with E-state index in [0.717, 1.165) is 10.1 Å². The van der Waals surface area contributed by atoms with Crippen LogP contribution in [0, 0.1) is 0 Å². The summed E-state index contributed by atoms with van der Waals surface area (Å²) in [4.78, 5) is 51.4. The Morgan fingerprint density at radius 2 is 1.70 bits per heavy atom. The summed E-state index contributed by atoms with van der Waals surface area (Å²) in [6, 6.07) is 15.7. The van der Waals surface area contributed by atoms with Gasteiger partial charge in [-0.3, -0.25) is 23.5 Å². The van der Waals surface area contributed by atoms with Gasteiger partial charge in [0.2, 0.25) is 11.8 Å². The lowest BCUT2D eigenvalue weighted by molar-refractivity contribution is -0.122. The maximum absolute atomic E-state index is 13.3. The molecule has 0 bridgehead atoms. The van der Waals surface area contributed by atoms with Gasteiger partial charge >= 0.3 is 5.69 Å². The lowest BCUT2D eigenvalue weighted by Crippen LogP contribution is -2.43. The summed E-state index contributed by atoms with van der Waals surface area (Å²) in [7, 11) is 3.12. The molecule has 0 aliphatic rings.